The number of hydrogen-bond acceptors (Lipinski definition) is 3. The van der Waals surface area contributed by atoms with E-state index in [2.05, 4.69) is 54.3 Å². The van der Waals surface area contributed by atoms with Gasteiger partial charge in [0, 0.05) is 23.6 Å². The number of anilines is 2. The van der Waals surface area contributed by atoms with Crippen molar-refractivity contribution in [3.63, 3.8) is 0 Å². The first-order valence-electron chi connectivity index (χ1n) is 11.8. The number of benzene rings is 1. The Kier molecular flexibility index (Phi) is 8.54. The topological polar surface area (TPSA) is 82.7 Å². The molecule has 0 aliphatic carbocycles. The van der Waals surface area contributed by atoms with Crippen molar-refractivity contribution in [1.82, 2.24) is 14.5 Å². The largest absolute Gasteiger partial charge is 0.363 e. The molecule has 0 aliphatic rings. The third kappa shape index (κ3) is 6.74. The van der Waals surface area contributed by atoms with Crippen LogP contribution in [0.4, 0.5) is 11.5 Å². The summed E-state index contributed by atoms with van der Waals surface area (Å²) in [6, 6.07) is 11.7. The minimum atomic E-state index is -0.430. The second kappa shape index (κ2) is 11.6. The molecule has 172 valence electrons. The highest BCUT2D eigenvalue weighted by Crippen LogP contribution is 2.19. The van der Waals surface area contributed by atoms with Crippen LogP contribution in [0.1, 0.15) is 82.0 Å². The number of unbranched alkanes of at least 4 members (excludes halogenated alkanes) is 5. The number of aromatic amines is 2. The standard InChI is InChI=1S/C26H36N4O2/c1-4-5-6-7-8-9-10-20-11-13-22(14-12-20)28-24-16-25(31)29-26(32)30(24)18-23-15-21(17-27-23)19(2)3/h11-17,19,27-28H,4-10,18H2,1-3H3,(H,29,31,32). The quantitative estimate of drug-likeness (QED) is 0.319. The van der Waals surface area contributed by atoms with E-state index in [4.69, 9.17) is 0 Å². The van der Waals surface area contributed by atoms with E-state index >= 15 is 0 Å². The van der Waals surface area contributed by atoms with Crippen LogP contribution >= 0.6 is 0 Å². The molecule has 6 heteroatoms. The van der Waals surface area contributed by atoms with Crippen molar-refractivity contribution in [2.24, 2.45) is 0 Å². The first-order valence-corrected chi connectivity index (χ1v) is 11.8. The lowest BCUT2D eigenvalue weighted by molar-refractivity contribution is 0.607. The molecule has 0 atom stereocenters. The Hall–Kier alpha value is -3.02. The van der Waals surface area contributed by atoms with Crippen LogP contribution in [0.5, 0.6) is 0 Å². The molecular formula is C26H36N4O2. The van der Waals surface area contributed by atoms with Gasteiger partial charge < -0.3 is 10.3 Å². The molecule has 0 fully saturated rings. The Labute approximate surface area is 190 Å². The minimum Gasteiger partial charge on any atom is -0.363 e. The van der Waals surface area contributed by atoms with E-state index in [1.165, 1.54) is 55.7 Å². The number of aryl methyl sites for hydroxylation is 1. The number of nitrogens with one attached hydrogen (secondary N) is 3. The first kappa shape index (κ1) is 23.6. The summed E-state index contributed by atoms with van der Waals surface area (Å²) < 4.78 is 1.54. The lowest BCUT2D eigenvalue weighted by Crippen LogP contribution is -2.31. The molecule has 0 saturated heterocycles. The summed E-state index contributed by atoms with van der Waals surface area (Å²) >= 11 is 0. The van der Waals surface area contributed by atoms with Gasteiger partial charge in [-0.25, -0.2) is 4.79 Å². The van der Waals surface area contributed by atoms with E-state index in [0.29, 0.717) is 18.3 Å². The number of H-pyrrole nitrogens is 2. The van der Waals surface area contributed by atoms with E-state index < -0.39 is 11.2 Å². The lowest BCUT2D eigenvalue weighted by atomic mass is 10.0. The molecule has 0 unspecified atom stereocenters. The number of rotatable bonds is 12. The van der Waals surface area contributed by atoms with Gasteiger partial charge in [0.2, 0.25) is 0 Å². The monoisotopic (exact) mass is 436 g/mol. The normalized spacial score (nSPS) is 11.2. The molecule has 2 heterocycles. The summed E-state index contributed by atoms with van der Waals surface area (Å²) in [6.07, 6.45) is 10.8. The minimum absolute atomic E-state index is 0.348. The van der Waals surface area contributed by atoms with Gasteiger partial charge in [-0.15, -0.1) is 0 Å². The van der Waals surface area contributed by atoms with Gasteiger partial charge in [-0.2, -0.15) is 0 Å². The van der Waals surface area contributed by atoms with Crippen molar-refractivity contribution in [1.29, 1.82) is 0 Å². The molecular weight excluding hydrogens is 400 g/mol. The molecule has 0 aliphatic heterocycles. The Bertz CT molecular complexity index is 1090. The van der Waals surface area contributed by atoms with Crippen LogP contribution in [0, 0.1) is 0 Å². The van der Waals surface area contributed by atoms with Crippen LogP contribution in [-0.4, -0.2) is 14.5 Å². The number of aromatic nitrogens is 3. The van der Waals surface area contributed by atoms with Crippen LogP contribution in [0.3, 0.4) is 0 Å². The van der Waals surface area contributed by atoms with Crippen molar-refractivity contribution in [2.45, 2.75) is 78.2 Å². The summed E-state index contributed by atoms with van der Waals surface area (Å²) in [5.41, 5.74) is 3.42. The Morgan fingerprint density at radius 1 is 0.969 bits per heavy atom. The molecule has 0 bridgehead atoms. The summed E-state index contributed by atoms with van der Waals surface area (Å²) in [6.45, 7) is 6.84. The smallest absolute Gasteiger partial charge is 0.330 e. The molecule has 3 rings (SSSR count). The SMILES string of the molecule is CCCCCCCCc1ccc(Nc2cc(=O)[nH]c(=O)n2Cc2cc(C(C)C)c[nH]2)cc1. The molecule has 32 heavy (non-hydrogen) atoms. The Morgan fingerprint density at radius 2 is 1.69 bits per heavy atom. The van der Waals surface area contributed by atoms with Crippen molar-refractivity contribution in [3.05, 3.63) is 80.3 Å². The zero-order valence-corrected chi connectivity index (χ0v) is 19.5. The predicted molar refractivity (Wildman–Crippen MR) is 132 cm³/mol. The van der Waals surface area contributed by atoms with Gasteiger partial charge >= 0.3 is 5.69 Å². The van der Waals surface area contributed by atoms with Crippen molar-refractivity contribution in [2.75, 3.05) is 5.32 Å². The third-order valence-electron chi connectivity index (χ3n) is 5.84. The third-order valence-corrected chi connectivity index (χ3v) is 5.84. The van der Waals surface area contributed by atoms with Crippen molar-refractivity contribution in [3.8, 4) is 0 Å². The van der Waals surface area contributed by atoms with E-state index in [-0.39, 0.29) is 0 Å². The molecule has 1 aromatic carbocycles. The van der Waals surface area contributed by atoms with Crippen LogP contribution < -0.4 is 16.6 Å². The van der Waals surface area contributed by atoms with Gasteiger partial charge in [0.25, 0.3) is 5.56 Å². The highest BCUT2D eigenvalue weighted by Gasteiger charge is 2.10. The van der Waals surface area contributed by atoms with Gasteiger partial charge in [0.05, 0.1) is 6.54 Å². The predicted octanol–water partition coefficient (Wildman–Crippen LogP) is 5.68. The molecule has 2 aromatic heterocycles. The fourth-order valence-electron chi connectivity index (χ4n) is 3.85. The highest BCUT2D eigenvalue weighted by molar-refractivity contribution is 5.56. The van der Waals surface area contributed by atoms with Gasteiger partial charge in [-0.3, -0.25) is 14.3 Å². The summed E-state index contributed by atoms with van der Waals surface area (Å²) in [7, 11) is 0. The van der Waals surface area contributed by atoms with Crippen molar-refractivity contribution >= 4 is 11.5 Å². The van der Waals surface area contributed by atoms with Gasteiger partial charge in [0.15, 0.2) is 0 Å². The summed E-state index contributed by atoms with van der Waals surface area (Å²) in [5, 5.41) is 3.25. The zero-order valence-electron chi connectivity index (χ0n) is 19.5. The van der Waals surface area contributed by atoms with E-state index in [0.717, 1.165) is 17.8 Å². The van der Waals surface area contributed by atoms with E-state index in [9.17, 15) is 9.59 Å². The maximum absolute atomic E-state index is 12.5. The fourth-order valence-corrected chi connectivity index (χ4v) is 3.85. The molecule has 6 nitrogen and oxygen atoms in total. The number of nitrogens with zero attached hydrogens (tertiary/aromatic N) is 1. The average Bonchev–Trinajstić information content (AvgIpc) is 3.23. The fraction of sp³-hybridized carbons (Fsp3) is 0.462. The van der Waals surface area contributed by atoms with E-state index in [1.54, 1.807) is 4.57 Å². The summed E-state index contributed by atoms with van der Waals surface area (Å²) in [4.78, 5) is 30.1. The summed E-state index contributed by atoms with van der Waals surface area (Å²) in [5.74, 6) is 0.878. The Morgan fingerprint density at radius 3 is 2.38 bits per heavy atom. The molecule has 3 N–H and O–H groups in total. The van der Waals surface area contributed by atoms with E-state index in [1.807, 2.05) is 18.3 Å². The highest BCUT2D eigenvalue weighted by atomic mass is 16.2. The van der Waals surface area contributed by atoms with Crippen LogP contribution in [0.2, 0.25) is 0 Å². The van der Waals surface area contributed by atoms with Crippen LogP contribution in [0.25, 0.3) is 0 Å². The van der Waals surface area contributed by atoms with Gasteiger partial charge in [0.1, 0.15) is 5.82 Å². The average molecular weight is 437 g/mol. The molecule has 3 aromatic rings. The maximum atomic E-state index is 12.5. The van der Waals surface area contributed by atoms with Crippen molar-refractivity contribution < 1.29 is 0 Å². The lowest BCUT2D eigenvalue weighted by Gasteiger charge is -2.14. The zero-order chi connectivity index (χ0) is 22.9. The molecule has 0 spiro atoms. The second-order valence-electron chi connectivity index (χ2n) is 8.86. The molecule has 0 saturated carbocycles. The van der Waals surface area contributed by atoms with Gasteiger partial charge in [-0.05, 0) is 48.1 Å². The van der Waals surface area contributed by atoms with Crippen LogP contribution in [-0.2, 0) is 13.0 Å². The van der Waals surface area contributed by atoms with Crippen LogP contribution in [0.15, 0.2) is 52.2 Å². The molecule has 0 radical (unpaired) electrons. The maximum Gasteiger partial charge on any atom is 0.330 e. The molecule has 0 amide bonds. The van der Waals surface area contributed by atoms with Gasteiger partial charge in [-0.1, -0.05) is 65.0 Å². The Balaban J connectivity index is 1.67. The first-order chi connectivity index (χ1) is 15.5. The second-order valence-corrected chi connectivity index (χ2v) is 8.86. The number of hydrogen-bond donors (Lipinski definition) is 3.